The number of nitrogens with zero attached hydrogens (tertiary/aromatic N) is 1. The second kappa shape index (κ2) is 13.8. The fourth-order valence-corrected chi connectivity index (χ4v) is 5.05. The maximum atomic E-state index is 13.4. The van der Waals surface area contributed by atoms with Gasteiger partial charge in [-0.15, -0.1) is 0 Å². The molecule has 8 nitrogen and oxygen atoms in total. The van der Waals surface area contributed by atoms with E-state index in [0.717, 1.165) is 11.1 Å². The first-order chi connectivity index (χ1) is 17.4. The summed E-state index contributed by atoms with van der Waals surface area (Å²) in [7, 11) is 0.0682. The smallest absolute Gasteiger partial charge is 0.407 e. The molecule has 1 heterocycles. The predicted molar refractivity (Wildman–Crippen MR) is 138 cm³/mol. The van der Waals surface area contributed by atoms with Crippen molar-refractivity contribution in [3.63, 3.8) is 0 Å². The largest absolute Gasteiger partial charge is 0.497 e. The molecular formula is C27H34N2O6S. The third-order valence-corrected chi connectivity index (χ3v) is 6.91. The summed E-state index contributed by atoms with van der Waals surface area (Å²) in [5.41, 5.74) is 1.67. The van der Waals surface area contributed by atoms with Crippen LogP contribution in [0.5, 0.6) is 5.75 Å². The number of amides is 1. The molecule has 1 amide bonds. The number of hydrogen-bond acceptors (Lipinski definition) is 6. The van der Waals surface area contributed by atoms with E-state index < -0.39 is 29.2 Å². The number of aliphatic hydroxyl groups is 1. The molecule has 3 aromatic rings. The highest BCUT2D eigenvalue weighted by Crippen LogP contribution is 2.19. The van der Waals surface area contributed by atoms with E-state index in [9.17, 15) is 14.1 Å². The van der Waals surface area contributed by atoms with E-state index in [2.05, 4.69) is 5.32 Å². The first-order valence-electron chi connectivity index (χ1n) is 11.8. The molecule has 1 unspecified atom stereocenters. The lowest BCUT2D eigenvalue weighted by Crippen LogP contribution is -2.50. The minimum absolute atomic E-state index is 0.0530. The average Bonchev–Trinajstić information content (AvgIpc) is 3.40. The lowest BCUT2D eigenvalue weighted by molar-refractivity contribution is 0.0882. The maximum Gasteiger partial charge on any atom is 0.407 e. The maximum absolute atomic E-state index is 13.4. The number of benzene rings is 2. The van der Waals surface area contributed by atoms with Crippen LogP contribution in [0.25, 0.3) is 0 Å². The van der Waals surface area contributed by atoms with Crippen LogP contribution in [0, 0.1) is 5.92 Å². The van der Waals surface area contributed by atoms with Gasteiger partial charge in [0, 0.05) is 18.7 Å². The van der Waals surface area contributed by atoms with Crippen LogP contribution in [0.3, 0.4) is 0 Å². The molecular weight excluding hydrogens is 480 g/mol. The molecule has 0 spiro atoms. The van der Waals surface area contributed by atoms with Crippen molar-refractivity contribution in [3.05, 3.63) is 84.3 Å². The first-order valence-corrected chi connectivity index (χ1v) is 12.9. The number of nitrogens with one attached hydrogen (secondary N) is 1. The number of carbonyl (C=O) groups is 1. The van der Waals surface area contributed by atoms with Gasteiger partial charge < -0.3 is 24.3 Å². The van der Waals surface area contributed by atoms with Gasteiger partial charge in [-0.05, 0) is 48.2 Å². The zero-order valence-corrected chi connectivity index (χ0v) is 21.6. The van der Waals surface area contributed by atoms with Crippen molar-refractivity contribution in [2.24, 2.45) is 5.92 Å². The van der Waals surface area contributed by atoms with Gasteiger partial charge in [-0.25, -0.2) is 13.3 Å². The Labute approximate surface area is 214 Å². The van der Waals surface area contributed by atoms with Crippen LogP contribution in [0.1, 0.15) is 25.0 Å². The minimum Gasteiger partial charge on any atom is -0.497 e. The molecule has 0 radical (unpaired) electrons. The van der Waals surface area contributed by atoms with Crippen molar-refractivity contribution in [1.82, 2.24) is 9.62 Å². The van der Waals surface area contributed by atoms with Crippen LogP contribution >= 0.6 is 0 Å². The Morgan fingerprint density at radius 3 is 2.39 bits per heavy atom. The molecule has 194 valence electrons. The zero-order chi connectivity index (χ0) is 25.9. The van der Waals surface area contributed by atoms with Gasteiger partial charge >= 0.3 is 6.09 Å². The Kier molecular flexibility index (Phi) is 10.5. The molecule has 0 bridgehead atoms. The van der Waals surface area contributed by atoms with Gasteiger partial charge in [-0.3, -0.25) is 0 Å². The van der Waals surface area contributed by atoms with Gasteiger partial charge in [0.1, 0.15) is 23.3 Å². The summed E-state index contributed by atoms with van der Waals surface area (Å²) in [6.45, 7) is 4.70. The van der Waals surface area contributed by atoms with Crippen molar-refractivity contribution in [2.45, 2.75) is 43.9 Å². The highest BCUT2D eigenvalue weighted by atomic mass is 32.2. The molecule has 36 heavy (non-hydrogen) atoms. The molecule has 2 aromatic carbocycles. The Hall–Kier alpha value is -3.14. The molecule has 0 aliphatic heterocycles. The van der Waals surface area contributed by atoms with E-state index >= 15 is 0 Å². The van der Waals surface area contributed by atoms with E-state index in [-0.39, 0.29) is 19.1 Å². The Bertz CT molecular complexity index is 1070. The number of furan rings is 1. The van der Waals surface area contributed by atoms with Crippen molar-refractivity contribution in [3.8, 4) is 5.75 Å². The summed E-state index contributed by atoms with van der Waals surface area (Å²) < 4.78 is 30.6. The minimum atomic E-state index is -1.51. The number of ether oxygens (including phenoxy) is 2. The molecule has 0 aliphatic carbocycles. The number of methoxy groups -OCH3 is 1. The lowest BCUT2D eigenvalue weighted by Gasteiger charge is -2.30. The number of carbonyl (C=O) groups excluding carboxylic acids is 1. The molecule has 0 saturated heterocycles. The van der Waals surface area contributed by atoms with E-state index in [0.29, 0.717) is 23.6 Å². The summed E-state index contributed by atoms with van der Waals surface area (Å²) in [6, 6.07) is 17.6. The molecule has 2 N–H and O–H groups in total. The van der Waals surface area contributed by atoms with Crippen molar-refractivity contribution in [2.75, 3.05) is 20.2 Å². The number of alkyl carbamates (subject to hydrolysis) is 1. The van der Waals surface area contributed by atoms with Crippen LogP contribution in [-0.2, 0) is 28.8 Å². The van der Waals surface area contributed by atoms with Crippen LogP contribution < -0.4 is 10.1 Å². The SMILES string of the molecule is COc1ccc(S(=O)N(CC(C)C)C[C@@H](O)[C@H](Cc2ccccc2)NC(=O)OCc2ccoc2)cc1. The molecule has 9 heteroatoms. The van der Waals surface area contributed by atoms with E-state index in [1.54, 1.807) is 41.7 Å². The van der Waals surface area contributed by atoms with Gasteiger partial charge in [0.15, 0.2) is 0 Å². The lowest BCUT2D eigenvalue weighted by atomic mass is 10.0. The van der Waals surface area contributed by atoms with Gasteiger partial charge in [-0.1, -0.05) is 44.2 Å². The summed E-state index contributed by atoms with van der Waals surface area (Å²) >= 11 is 0. The van der Waals surface area contributed by atoms with Crippen LogP contribution in [0.4, 0.5) is 4.79 Å². The monoisotopic (exact) mass is 514 g/mol. The van der Waals surface area contributed by atoms with E-state index in [1.807, 2.05) is 44.2 Å². The molecule has 3 atom stereocenters. The molecule has 0 fully saturated rings. The second-order valence-corrected chi connectivity index (χ2v) is 10.4. The van der Waals surface area contributed by atoms with Gasteiger partial charge in [0.2, 0.25) is 0 Å². The summed E-state index contributed by atoms with van der Waals surface area (Å²) in [4.78, 5) is 13.2. The highest BCUT2D eigenvalue weighted by molar-refractivity contribution is 7.82. The quantitative estimate of drug-likeness (QED) is 0.355. The average molecular weight is 515 g/mol. The topological polar surface area (TPSA) is 101 Å². The third-order valence-electron chi connectivity index (χ3n) is 5.47. The third kappa shape index (κ3) is 8.51. The molecule has 1 aromatic heterocycles. The molecule has 3 rings (SSSR count). The Balaban J connectivity index is 1.73. The van der Waals surface area contributed by atoms with Crippen molar-refractivity contribution < 1.29 is 28.0 Å². The van der Waals surface area contributed by atoms with Crippen LogP contribution in [0.2, 0.25) is 0 Å². The van der Waals surface area contributed by atoms with Gasteiger partial charge in [0.05, 0.1) is 36.7 Å². The fourth-order valence-electron chi connectivity index (χ4n) is 3.66. The second-order valence-electron chi connectivity index (χ2n) is 8.88. The Morgan fingerprint density at radius 2 is 1.78 bits per heavy atom. The normalized spacial score (nSPS) is 13.8. The van der Waals surface area contributed by atoms with Crippen LogP contribution in [-0.4, -0.2) is 52.1 Å². The fraction of sp³-hybridized carbons (Fsp3) is 0.370. The van der Waals surface area contributed by atoms with Crippen molar-refractivity contribution in [1.29, 1.82) is 0 Å². The molecule has 0 saturated carbocycles. The summed E-state index contributed by atoms with van der Waals surface area (Å²) in [5, 5.41) is 14.0. The van der Waals surface area contributed by atoms with Gasteiger partial charge in [0.25, 0.3) is 0 Å². The summed E-state index contributed by atoms with van der Waals surface area (Å²) in [6.07, 6.45) is 1.73. The standard InChI is InChI=1S/C27H34N2O6S/c1-20(2)16-29(36(32)24-11-9-23(33-3)10-12-24)17-26(30)25(15-21-7-5-4-6-8-21)28-27(31)35-19-22-13-14-34-18-22/h4-14,18,20,25-26,30H,15-17,19H2,1-3H3,(H,28,31)/t25-,26+,36?/m0/s1. The number of rotatable bonds is 13. The molecule has 0 aliphatic rings. The summed E-state index contributed by atoms with van der Waals surface area (Å²) in [5.74, 6) is 0.882. The van der Waals surface area contributed by atoms with E-state index in [4.69, 9.17) is 13.9 Å². The number of aliphatic hydroxyl groups excluding tert-OH is 1. The van der Waals surface area contributed by atoms with Crippen LogP contribution in [0.15, 0.2) is 82.5 Å². The predicted octanol–water partition coefficient (Wildman–Crippen LogP) is 4.17. The Morgan fingerprint density at radius 1 is 1.06 bits per heavy atom. The first kappa shape index (κ1) is 27.4. The highest BCUT2D eigenvalue weighted by Gasteiger charge is 2.28. The van der Waals surface area contributed by atoms with Gasteiger partial charge in [-0.2, -0.15) is 0 Å². The zero-order valence-electron chi connectivity index (χ0n) is 20.8. The van der Waals surface area contributed by atoms with Crippen molar-refractivity contribution >= 4 is 17.1 Å². The number of hydrogen-bond donors (Lipinski definition) is 2. The van der Waals surface area contributed by atoms with E-state index in [1.165, 1.54) is 12.5 Å².